The van der Waals surface area contributed by atoms with E-state index in [2.05, 4.69) is 23.6 Å². The SMILES string of the molecule is CC1CCC(N2CCSCC2)C1. The lowest BCUT2D eigenvalue weighted by Gasteiger charge is -2.31. The Balaban J connectivity index is 1.83. The van der Waals surface area contributed by atoms with Crippen LogP contribution in [0.2, 0.25) is 0 Å². The molecule has 1 aliphatic heterocycles. The summed E-state index contributed by atoms with van der Waals surface area (Å²) in [4.78, 5) is 2.72. The first-order chi connectivity index (χ1) is 5.86. The Kier molecular flexibility index (Phi) is 2.97. The van der Waals surface area contributed by atoms with Crippen LogP contribution in [-0.2, 0) is 0 Å². The van der Waals surface area contributed by atoms with Crippen molar-refractivity contribution in [3.8, 4) is 0 Å². The van der Waals surface area contributed by atoms with Gasteiger partial charge in [0.25, 0.3) is 0 Å². The Bertz CT molecular complexity index is 140. The molecule has 1 nitrogen and oxygen atoms in total. The highest BCUT2D eigenvalue weighted by Gasteiger charge is 2.27. The van der Waals surface area contributed by atoms with Crippen LogP contribution in [0.5, 0.6) is 0 Å². The number of hydrogen-bond donors (Lipinski definition) is 0. The van der Waals surface area contributed by atoms with E-state index in [1.807, 2.05) is 0 Å². The lowest BCUT2D eigenvalue weighted by atomic mass is 10.1. The quantitative estimate of drug-likeness (QED) is 0.616. The molecule has 12 heavy (non-hydrogen) atoms. The molecule has 70 valence electrons. The first kappa shape index (κ1) is 8.89. The van der Waals surface area contributed by atoms with E-state index in [0.717, 1.165) is 12.0 Å². The number of thioether (sulfide) groups is 1. The summed E-state index contributed by atoms with van der Waals surface area (Å²) in [6.45, 7) is 5.10. The predicted octanol–water partition coefficient (Wildman–Crippen LogP) is 2.22. The van der Waals surface area contributed by atoms with E-state index in [9.17, 15) is 0 Å². The van der Waals surface area contributed by atoms with Crippen molar-refractivity contribution in [1.29, 1.82) is 0 Å². The maximum atomic E-state index is 2.72. The van der Waals surface area contributed by atoms with Crippen molar-refractivity contribution in [1.82, 2.24) is 4.90 Å². The Morgan fingerprint density at radius 2 is 1.92 bits per heavy atom. The molecule has 2 rings (SSSR count). The molecule has 2 fully saturated rings. The second-order valence-corrected chi connectivity index (χ2v) is 5.45. The summed E-state index contributed by atoms with van der Waals surface area (Å²) in [7, 11) is 0. The molecule has 2 aliphatic rings. The van der Waals surface area contributed by atoms with Crippen molar-refractivity contribution in [2.75, 3.05) is 24.6 Å². The van der Waals surface area contributed by atoms with Crippen LogP contribution in [0.1, 0.15) is 26.2 Å². The van der Waals surface area contributed by atoms with Gasteiger partial charge in [-0.05, 0) is 25.2 Å². The highest BCUT2D eigenvalue weighted by molar-refractivity contribution is 7.99. The standard InChI is InChI=1S/C10H19NS/c1-9-2-3-10(8-9)11-4-6-12-7-5-11/h9-10H,2-8H2,1H3. The summed E-state index contributed by atoms with van der Waals surface area (Å²) in [6.07, 6.45) is 4.39. The van der Waals surface area contributed by atoms with Crippen LogP contribution in [0, 0.1) is 5.92 Å². The Labute approximate surface area is 79.9 Å². The molecule has 0 bridgehead atoms. The van der Waals surface area contributed by atoms with Crippen molar-refractivity contribution in [3.63, 3.8) is 0 Å². The van der Waals surface area contributed by atoms with E-state index in [1.165, 1.54) is 43.9 Å². The highest BCUT2D eigenvalue weighted by Crippen LogP contribution is 2.29. The lowest BCUT2D eigenvalue weighted by Crippen LogP contribution is -2.39. The molecule has 1 saturated heterocycles. The topological polar surface area (TPSA) is 3.24 Å². The van der Waals surface area contributed by atoms with Crippen molar-refractivity contribution in [2.24, 2.45) is 5.92 Å². The van der Waals surface area contributed by atoms with E-state index < -0.39 is 0 Å². The van der Waals surface area contributed by atoms with Crippen LogP contribution in [0.4, 0.5) is 0 Å². The van der Waals surface area contributed by atoms with Gasteiger partial charge in [-0.25, -0.2) is 0 Å². The van der Waals surface area contributed by atoms with Crippen LogP contribution >= 0.6 is 11.8 Å². The summed E-state index contributed by atoms with van der Waals surface area (Å²) in [5.41, 5.74) is 0. The third-order valence-electron chi connectivity index (χ3n) is 3.23. The average molecular weight is 185 g/mol. The monoisotopic (exact) mass is 185 g/mol. The van der Waals surface area contributed by atoms with Crippen LogP contribution in [0.3, 0.4) is 0 Å². The summed E-state index contributed by atoms with van der Waals surface area (Å²) in [5, 5.41) is 0. The van der Waals surface area contributed by atoms with E-state index in [0.29, 0.717) is 0 Å². The summed E-state index contributed by atoms with van der Waals surface area (Å²) in [6, 6.07) is 0.945. The molecule has 2 unspecified atom stereocenters. The van der Waals surface area contributed by atoms with Gasteiger partial charge in [0.05, 0.1) is 0 Å². The zero-order chi connectivity index (χ0) is 8.39. The Hall–Kier alpha value is 0.310. The van der Waals surface area contributed by atoms with Crippen molar-refractivity contribution in [2.45, 2.75) is 32.2 Å². The Morgan fingerprint density at radius 3 is 2.50 bits per heavy atom. The molecular formula is C10H19NS. The first-order valence-corrected chi connectivity index (χ1v) is 6.33. The maximum Gasteiger partial charge on any atom is 0.00985 e. The van der Waals surface area contributed by atoms with Gasteiger partial charge in [-0.3, -0.25) is 4.90 Å². The van der Waals surface area contributed by atoms with E-state index in [1.54, 1.807) is 0 Å². The summed E-state index contributed by atoms with van der Waals surface area (Å²) >= 11 is 2.12. The molecule has 0 spiro atoms. The van der Waals surface area contributed by atoms with Gasteiger partial charge in [0.2, 0.25) is 0 Å². The molecule has 0 aromatic heterocycles. The zero-order valence-electron chi connectivity index (χ0n) is 7.96. The maximum absolute atomic E-state index is 2.72. The van der Waals surface area contributed by atoms with Gasteiger partial charge in [0.15, 0.2) is 0 Å². The van der Waals surface area contributed by atoms with Gasteiger partial charge in [0, 0.05) is 30.6 Å². The number of hydrogen-bond acceptors (Lipinski definition) is 2. The largest absolute Gasteiger partial charge is 0.299 e. The van der Waals surface area contributed by atoms with Crippen LogP contribution in [0.25, 0.3) is 0 Å². The van der Waals surface area contributed by atoms with Crippen molar-refractivity contribution < 1.29 is 0 Å². The van der Waals surface area contributed by atoms with Gasteiger partial charge in [0.1, 0.15) is 0 Å². The molecule has 2 atom stereocenters. The van der Waals surface area contributed by atoms with Crippen LogP contribution in [0.15, 0.2) is 0 Å². The molecule has 0 aromatic rings. The third-order valence-corrected chi connectivity index (χ3v) is 4.17. The average Bonchev–Trinajstić information content (AvgIpc) is 2.54. The Morgan fingerprint density at radius 1 is 1.17 bits per heavy atom. The minimum absolute atomic E-state index is 0.945. The molecule has 1 heterocycles. The van der Waals surface area contributed by atoms with Gasteiger partial charge < -0.3 is 0 Å². The number of nitrogens with zero attached hydrogens (tertiary/aromatic N) is 1. The fourth-order valence-corrected chi connectivity index (χ4v) is 3.38. The van der Waals surface area contributed by atoms with Crippen LogP contribution < -0.4 is 0 Å². The lowest BCUT2D eigenvalue weighted by molar-refractivity contribution is 0.215. The summed E-state index contributed by atoms with van der Waals surface area (Å²) in [5.74, 6) is 3.72. The first-order valence-electron chi connectivity index (χ1n) is 5.18. The van der Waals surface area contributed by atoms with Gasteiger partial charge >= 0.3 is 0 Å². The zero-order valence-corrected chi connectivity index (χ0v) is 8.78. The third kappa shape index (κ3) is 1.97. The van der Waals surface area contributed by atoms with E-state index in [-0.39, 0.29) is 0 Å². The van der Waals surface area contributed by atoms with Crippen LogP contribution in [-0.4, -0.2) is 35.5 Å². The van der Waals surface area contributed by atoms with Crippen molar-refractivity contribution >= 4 is 11.8 Å². The molecule has 1 saturated carbocycles. The minimum atomic E-state index is 0.945. The molecule has 0 N–H and O–H groups in total. The molecule has 0 amide bonds. The van der Waals surface area contributed by atoms with Gasteiger partial charge in [-0.1, -0.05) is 6.92 Å². The second-order valence-electron chi connectivity index (χ2n) is 4.22. The second kappa shape index (κ2) is 4.01. The number of rotatable bonds is 1. The molecule has 1 aliphatic carbocycles. The normalized spacial score (nSPS) is 38.8. The molecule has 0 radical (unpaired) electrons. The smallest absolute Gasteiger partial charge is 0.00985 e. The van der Waals surface area contributed by atoms with E-state index in [4.69, 9.17) is 0 Å². The van der Waals surface area contributed by atoms with Crippen molar-refractivity contribution in [3.05, 3.63) is 0 Å². The predicted molar refractivity (Wildman–Crippen MR) is 55.7 cm³/mol. The van der Waals surface area contributed by atoms with E-state index >= 15 is 0 Å². The molecule has 2 heteroatoms. The fraction of sp³-hybridized carbons (Fsp3) is 1.00. The highest BCUT2D eigenvalue weighted by atomic mass is 32.2. The summed E-state index contributed by atoms with van der Waals surface area (Å²) < 4.78 is 0. The van der Waals surface area contributed by atoms with Gasteiger partial charge in [-0.15, -0.1) is 0 Å². The molecular weight excluding hydrogens is 166 g/mol. The van der Waals surface area contributed by atoms with Gasteiger partial charge in [-0.2, -0.15) is 11.8 Å². The molecule has 0 aromatic carbocycles. The minimum Gasteiger partial charge on any atom is -0.299 e. The fourth-order valence-electron chi connectivity index (χ4n) is 2.45.